The van der Waals surface area contributed by atoms with Crippen LogP contribution >= 0.6 is 0 Å². The first-order valence-electron chi connectivity index (χ1n) is 7.58. The summed E-state index contributed by atoms with van der Waals surface area (Å²) in [5.74, 6) is 0. The molecule has 0 atom stereocenters. The first-order chi connectivity index (χ1) is 11.3. The number of rotatable bonds is 4. The number of fused-ring (bicyclic) bond motifs is 1. The van der Waals surface area contributed by atoms with E-state index in [0.717, 1.165) is 22.4 Å². The predicted molar refractivity (Wildman–Crippen MR) is 94.6 cm³/mol. The molecule has 0 aromatic heterocycles. The highest BCUT2D eigenvalue weighted by molar-refractivity contribution is 7.87. The smallest absolute Gasteiger partial charge is 0.275 e. The Kier molecular flexibility index (Phi) is 4.16. The van der Waals surface area contributed by atoms with Gasteiger partial charge in [-0.2, -0.15) is 18.2 Å². The molecular weight excluding hydrogens is 324 g/mol. The summed E-state index contributed by atoms with van der Waals surface area (Å²) < 4.78 is 25.1. The first-order valence-corrected chi connectivity index (χ1v) is 9.12. The number of nitrogens with one attached hydrogen (secondary N) is 2. The average molecular weight is 344 g/mol. The van der Waals surface area contributed by atoms with Gasteiger partial charge in [0, 0.05) is 11.1 Å². The lowest BCUT2D eigenvalue weighted by Gasteiger charge is -2.26. The van der Waals surface area contributed by atoms with Crippen LogP contribution in [-0.4, -0.2) is 14.1 Å². The first kappa shape index (κ1) is 16.6. The van der Waals surface area contributed by atoms with Gasteiger partial charge in [-0.25, -0.2) is 5.14 Å². The van der Waals surface area contributed by atoms with Crippen LogP contribution in [0.3, 0.4) is 0 Å². The third-order valence-electron chi connectivity index (χ3n) is 4.01. The Bertz CT molecular complexity index is 887. The van der Waals surface area contributed by atoms with Crippen molar-refractivity contribution in [3.63, 3.8) is 0 Å². The minimum absolute atomic E-state index is 0.711. The van der Waals surface area contributed by atoms with Gasteiger partial charge in [0.05, 0.1) is 17.8 Å². The highest BCUT2D eigenvalue weighted by atomic mass is 32.2. The van der Waals surface area contributed by atoms with E-state index in [0.29, 0.717) is 6.54 Å². The zero-order chi connectivity index (χ0) is 17.4. The van der Waals surface area contributed by atoms with Crippen LogP contribution < -0.4 is 15.3 Å². The number of nitrogens with zero attached hydrogens (tertiary/aromatic N) is 1. The van der Waals surface area contributed by atoms with Gasteiger partial charge >= 0.3 is 0 Å². The molecule has 1 aliphatic rings. The van der Waals surface area contributed by atoms with Crippen molar-refractivity contribution in [1.82, 2.24) is 10.1 Å². The van der Waals surface area contributed by atoms with E-state index in [-0.39, 0.29) is 0 Å². The van der Waals surface area contributed by atoms with E-state index in [4.69, 9.17) is 5.14 Å². The van der Waals surface area contributed by atoms with Crippen molar-refractivity contribution in [2.24, 2.45) is 10.2 Å². The lowest BCUT2D eigenvalue weighted by atomic mass is 9.91. The largest absolute Gasteiger partial charge is 0.305 e. The molecule has 126 valence electrons. The third-order valence-corrected chi connectivity index (χ3v) is 4.81. The number of hydrogen-bond donors (Lipinski definition) is 3. The number of hydrogen-bond acceptors (Lipinski definition) is 4. The van der Waals surface area contributed by atoms with Gasteiger partial charge in [-0.3, -0.25) is 0 Å². The summed E-state index contributed by atoms with van der Waals surface area (Å²) in [6.45, 7) is 4.24. The Balaban J connectivity index is 1.92. The van der Waals surface area contributed by atoms with Crippen LogP contribution in [0.5, 0.6) is 0 Å². The van der Waals surface area contributed by atoms with Crippen LogP contribution in [0.1, 0.15) is 36.1 Å². The fourth-order valence-corrected chi connectivity index (χ4v) is 3.68. The van der Waals surface area contributed by atoms with Crippen LogP contribution in [-0.2, 0) is 22.3 Å². The topological polar surface area (TPSA) is 96.6 Å². The molecule has 24 heavy (non-hydrogen) atoms. The van der Waals surface area contributed by atoms with Crippen LogP contribution in [0.4, 0.5) is 0 Å². The fraction of sp³-hybridized carbons (Fsp3) is 0.235. The fourth-order valence-electron chi connectivity index (χ4n) is 2.85. The number of nitrogens with two attached hydrogens (primary N) is 1. The third kappa shape index (κ3) is 3.48. The Hall–Kier alpha value is -2.22. The number of hydrazone groups is 1. The molecule has 0 saturated heterocycles. The monoisotopic (exact) mass is 344 g/mol. The number of benzene rings is 2. The Morgan fingerprint density at radius 2 is 1.79 bits per heavy atom. The van der Waals surface area contributed by atoms with Gasteiger partial charge in [0.1, 0.15) is 0 Å². The van der Waals surface area contributed by atoms with Gasteiger partial charge in [-0.1, -0.05) is 48.5 Å². The highest BCUT2D eigenvalue weighted by Gasteiger charge is 2.25. The van der Waals surface area contributed by atoms with Crippen molar-refractivity contribution in [3.8, 4) is 0 Å². The molecule has 2 aromatic rings. The molecule has 1 heterocycles. The molecule has 0 aliphatic carbocycles. The molecule has 6 nitrogen and oxygen atoms in total. The molecule has 3 rings (SSSR count). The van der Waals surface area contributed by atoms with Crippen LogP contribution in [0.15, 0.2) is 53.6 Å². The molecular formula is C17H20N4O2S. The predicted octanol–water partition coefficient (Wildman–Crippen LogP) is 1.57. The molecule has 0 radical (unpaired) electrons. The SMILES string of the molecule is CC(C)(NS(N)(=O)=O)c1ccc(C2=NNCc3ccccc32)cc1. The summed E-state index contributed by atoms with van der Waals surface area (Å²) in [6.07, 6.45) is 0. The molecule has 0 bridgehead atoms. The standard InChI is InChI=1S/C17H20N4O2S/c1-17(2,21-24(18,22)23)14-9-7-12(8-10-14)16-15-6-4-3-5-13(15)11-19-20-16/h3-10,19,21H,11H2,1-2H3,(H2,18,22,23). The Morgan fingerprint density at radius 3 is 2.46 bits per heavy atom. The summed E-state index contributed by atoms with van der Waals surface area (Å²) in [5.41, 5.74) is 7.21. The van der Waals surface area contributed by atoms with Crippen molar-refractivity contribution >= 4 is 15.9 Å². The van der Waals surface area contributed by atoms with Gasteiger partial charge in [0.2, 0.25) is 0 Å². The van der Waals surface area contributed by atoms with Gasteiger partial charge in [0.15, 0.2) is 0 Å². The molecule has 1 aliphatic heterocycles. The van der Waals surface area contributed by atoms with Crippen molar-refractivity contribution in [2.75, 3.05) is 0 Å². The second-order valence-corrected chi connectivity index (χ2v) is 7.60. The molecule has 2 aromatic carbocycles. The van der Waals surface area contributed by atoms with Crippen LogP contribution in [0, 0.1) is 0 Å². The molecule has 0 fully saturated rings. The maximum Gasteiger partial charge on any atom is 0.275 e. The van der Waals surface area contributed by atoms with Gasteiger partial charge in [-0.15, -0.1) is 0 Å². The zero-order valence-corrected chi connectivity index (χ0v) is 14.4. The van der Waals surface area contributed by atoms with E-state index in [9.17, 15) is 8.42 Å². The van der Waals surface area contributed by atoms with E-state index < -0.39 is 15.7 Å². The maximum absolute atomic E-state index is 11.3. The normalized spacial score (nSPS) is 14.5. The van der Waals surface area contributed by atoms with E-state index in [1.54, 1.807) is 13.8 Å². The molecule has 4 N–H and O–H groups in total. The summed E-state index contributed by atoms with van der Waals surface area (Å²) in [4.78, 5) is 0. The maximum atomic E-state index is 11.3. The second-order valence-electron chi connectivity index (χ2n) is 6.30. The van der Waals surface area contributed by atoms with E-state index in [1.807, 2.05) is 36.4 Å². The van der Waals surface area contributed by atoms with E-state index >= 15 is 0 Å². The van der Waals surface area contributed by atoms with E-state index in [1.165, 1.54) is 5.56 Å². The lowest BCUT2D eigenvalue weighted by molar-refractivity contribution is 0.473. The van der Waals surface area contributed by atoms with Crippen molar-refractivity contribution in [3.05, 3.63) is 70.8 Å². The summed E-state index contributed by atoms with van der Waals surface area (Å²) in [5, 5.41) is 9.52. The summed E-state index contributed by atoms with van der Waals surface area (Å²) in [7, 11) is -3.78. The molecule has 0 saturated carbocycles. The summed E-state index contributed by atoms with van der Waals surface area (Å²) in [6, 6.07) is 15.8. The van der Waals surface area contributed by atoms with Gasteiger partial charge < -0.3 is 5.43 Å². The average Bonchev–Trinajstić information content (AvgIpc) is 2.52. The summed E-state index contributed by atoms with van der Waals surface area (Å²) >= 11 is 0. The van der Waals surface area contributed by atoms with Crippen molar-refractivity contribution in [2.45, 2.75) is 25.9 Å². The lowest BCUT2D eigenvalue weighted by Crippen LogP contribution is -2.44. The Labute approximate surface area is 142 Å². The molecule has 0 unspecified atom stereocenters. The Morgan fingerprint density at radius 1 is 1.12 bits per heavy atom. The second kappa shape index (κ2) is 6.01. The van der Waals surface area contributed by atoms with Crippen molar-refractivity contribution in [1.29, 1.82) is 0 Å². The quantitative estimate of drug-likeness (QED) is 0.785. The zero-order valence-electron chi connectivity index (χ0n) is 13.6. The van der Waals surface area contributed by atoms with Crippen molar-refractivity contribution < 1.29 is 8.42 Å². The van der Waals surface area contributed by atoms with Crippen LogP contribution in [0.25, 0.3) is 0 Å². The molecule has 7 heteroatoms. The molecule has 0 amide bonds. The molecule has 0 spiro atoms. The highest BCUT2D eigenvalue weighted by Crippen LogP contribution is 2.23. The van der Waals surface area contributed by atoms with E-state index in [2.05, 4.69) is 27.4 Å². The minimum Gasteiger partial charge on any atom is -0.305 e. The van der Waals surface area contributed by atoms with Crippen LogP contribution in [0.2, 0.25) is 0 Å². The minimum atomic E-state index is -3.78. The van der Waals surface area contributed by atoms with Gasteiger partial charge in [0.25, 0.3) is 10.2 Å². The van der Waals surface area contributed by atoms with Gasteiger partial charge in [-0.05, 0) is 25.0 Å².